The van der Waals surface area contributed by atoms with Crippen LogP contribution in [0.15, 0.2) is 16.7 Å². The lowest BCUT2D eigenvalue weighted by Crippen LogP contribution is -2.10. The fraction of sp³-hybridized carbons (Fsp3) is 0.375. The Bertz CT molecular complexity index is 372. The molecule has 1 aromatic heterocycles. The molecule has 0 aliphatic heterocycles. The number of hydrogen-bond donors (Lipinski definition) is 2. The molecule has 0 aliphatic rings. The van der Waals surface area contributed by atoms with Crippen LogP contribution in [-0.2, 0) is 0 Å². The van der Waals surface area contributed by atoms with E-state index in [9.17, 15) is 15.2 Å². The third-order valence-electron chi connectivity index (χ3n) is 1.82. The molecular weight excluding hydrogens is 266 g/mol. The predicted octanol–water partition coefficient (Wildman–Crippen LogP) is 1.13. The minimum Gasteiger partial charge on any atom is -0.386 e. The fourth-order valence-corrected chi connectivity index (χ4v) is 1.46. The lowest BCUT2D eigenvalue weighted by atomic mass is 10.1. The van der Waals surface area contributed by atoms with Crippen LogP contribution in [0.2, 0.25) is 0 Å². The van der Waals surface area contributed by atoms with Gasteiger partial charge >= 0.3 is 0 Å². The first-order chi connectivity index (χ1) is 7.06. The molecule has 0 fully saturated rings. The highest BCUT2D eigenvalue weighted by Crippen LogP contribution is 2.27. The van der Waals surface area contributed by atoms with E-state index in [-0.39, 0.29) is 24.3 Å². The first-order valence-electron chi connectivity index (χ1n) is 4.24. The predicted molar refractivity (Wildman–Crippen MR) is 57.2 cm³/mol. The molecule has 0 saturated carbocycles. The van der Waals surface area contributed by atoms with Crippen molar-refractivity contribution in [1.82, 2.24) is 4.98 Å². The van der Waals surface area contributed by atoms with Crippen LogP contribution in [0.4, 0.5) is 5.69 Å². The smallest absolute Gasteiger partial charge is 0.294 e. The van der Waals surface area contributed by atoms with E-state index in [1.54, 1.807) is 0 Å². The minimum atomic E-state index is -0.997. The summed E-state index contributed by atoms with van der Waals surface area (Å²) in [6.07, 6.45) is 0.654. The number of nitro groups is 1. The summed E-state index contributed by atoms with van der Waals surface area (Å²) in [6.45, 7) is 0.246. The van der Waals surface area contributed by atoms with Crippen molar-refractivity contribution in [2.24, 2.45) is 5.73 Å². The molecule has 0 amide bonds. The molecule has 3 N–H and O–H groups in total. The largest absolute Gasteiger partial charge is 0.386 e. The fourth-order valence-electron chi connectivity index (χ4n) is 1.14. The van der Waals surface area contributed by atoms with Crippen molar-refractivity contribution in [3.8, 4) is 0 Å². The number of aromatic nitrogens is 1. The van der Waals surface area contributed by atoms with E-state index < -0.39 is 11.0 Å². The molecule has 15 heavy (non-hydrogen) atoms. The van der Waals surface area contributed by atoms with Gasteiger partial charge in [0, 0.05) is 16.7 Å². The van der Waals surface area contributed by atoms with Crippen LogP contribution in [-0.4, -0.2) is 21.6 Å². The average molecular weight is 276 g/mol. The Labute approximate surface area is 94.4 Å². The molecule has 6 nitrogen and oxygen atoms in total. The van der Waals surface area contributed by atoms with E-state index in [1.807, 2.05) is 0 Å². The number of pyridine rings is 1. The van der Waals surface area contributed by atoms with Gasteiger partial charge in [-0.15, -0.1) is 0 Å². The molecular formula is C8H10BrN3O3. The number of rotatable bonds is 4. The van der Waals surface area contributed by atoms with E-state index in [2.05, 4.69) is 20.9 Å². The van der Waals surface area contributed by atoms with Crippen LogP contribution in [0.3, 0.4) is 0 Å². The van der Waals surface area contributed by atoms with Gasteiger partial charge in [-0.3, -0.25) is 15.1 Å². The van der Waals surface area contributed by atoms with Crippen molar-refractivity contribution >= 4 is 21.6 Å². The average Bonchev–Trinajstić information content (AvgIpc) is 2.17. The van der Waals surface area contributed by atoms with Crippen LogP contribution in [0.5, 0.6) is 0 Å². The standard InChI is InChI=1S/C8H10BrN3O3/c9-5-3-6(12(14)15)8(11-4-5)7(13)1-2-10/h3-4,7,13H,1-2,10H2/t7-/m1/s1. The van der Waals surface area contributed by atoms with E-state index in [1.165, 1.54) is 12.3 Å². The maximum absolute atomic E-state index is 10.7. The first kappa shape index (κ1) is 12.0. The molecule has 1 heterocycles. The Morgan fingerprint density at radius 1 is 1.73 bits per heavy atom. The Morgan fingerprint density at radius 2 is 2.40 bits per heavy atom. The van der Waals surface area contributed by atoms with Gasteiger partial charge in [0.1, 0.15) is 11.8 Å². The van der Waals surface area contributed by atoms with Gasteiger partial charge in [-0.05, 0) is 28.9 Å². The summed E-state index contributed by atoms with van der Waals surface area (Å²) in [5, 5.41) is 20.3. The van der Waals surface area contributed by atoms with Crippen molar-refractivity contribution < 1.29 is 10.0 Å². The second kappa shape index (κ2) is 5.15. The summed E-state index contributed by atoms with van der Waals surface area (Å²) in [6, 6.07) is 1.31. The van der Waals surface area contributed by atoms with E-state index in [4.69, 9.17) is 5.73 Å². The minimum absolute atomic E-state index is 0.0497. The zero-order chi connectivity index (χ0) is 11.4. The summed E-state index contributed by atoms with van der Waals surface area (Å²) >= 11 is 3.08. The van der Waals surface area contributed by atoms with Crippen LogP contribution < -0.4 is 5.73 Å². The van der Waals surface area contributed by atoms with Gasteiger partial charge in [-0.2, -0.15) is 0 Å². The third-order valence-corrected chi connectivity index (χ3v) is 2.25. The Balaban J connectivity index is 3.10. The molecule has 1 atom stereocenters. The molecule has 0 saturated heterocycles. The zero-order valence-corrected chi connectivity index (χ0v) is 9.35. The molecule has 82 valence electrons. The Hall–Kier alpha value is -1.05. The van der Waals surface area contributed by atoms with E-state index in [0.29, 0.717) is 4.47 Å². The van der Waals surface area contributed by atoms with Gasteiger partial charge in [0.15, 0.2) is 0 Å². The summed E-state index contributed by atoms with van der Waals surface area (Å²) in [5.74, 6) is 0. The lowest BCUT2D eigenvalue weighted by molar-refractivity contribution is -0.386. The van der Waals surface area contributed by atoms with Crippen molar-refractivity contribution in [2.45, 2.75) is 12.5 Å². The van der Waals surface area contributed by atoms with Crippen molar-refractivity contribution in [3.05, 3.63) is 32.5 Å². The van der Waals surface area contributed by atoms with Crippen molar-refractivity contribution in [1.29, 1.82) is 0 Å². The van der Waals surface area contributed by atoms with E-state index in [0.717, 1.165) is 0 Å². The highest BCUT2D eigenvalue weighted by atomic mass is 79.9. The van der Waals surface area contributed by atoms with Gasteiger partial charge in [-0.25, -0.2) is 0 Å². The molecule has 0 radical (unpaired) electrons. The summed E-state index contributed by atoms with van der Waals surface area (Å²) in [7, 11) is 0. The molecule has 0 bridgehead atoms. The number of aliphatic hydroxyl groups is 1. The lowest BCUT2D eigenvalue weighted by Gasteiger charge is -2.08. The Morgan fingerprint density at radius 3 is 2.93 bits per heavy atom. The number of aliphatic hydroxyl groups excluding tert-OH is 1. The number of halogens is 1. The highest BCUT2D eigenvalue weighted by Gasteiger charge is 2.21. The topological polar surface area (TPSA) is 102 Å². The Kier molecular flexibility index (Phi) is 4.13. The zero-order valence-electron chi connectivity index (χ0n) is 7.76. The maximum Gasteiger partial charge on any atom is 0.294 e. The number of nitrogens with zero attached hydrogens (tertiary/aromatic N) is 2. The second-order valence-electron chi connectivity index (χ2n) is 2.91. The van der Waals surface area contributed by atoms with Gasteiger partial charge in [-0.1, -0.05) is 0 Å². The molecule has 0 aliphatic carbocycles. The normalized spacial score (nSPS) is 12.5. The van der Waals surface area contributed by atoms with Crippen LogP contribution >= 0.6 is 15.9 Å². The third kappa shape index (κ3) is 2.95. The van der Waals surface area contributed by atoms with Crippen LogP contribution in [0.1, 0.15) is 18.2 Å². The number of hydrogen-bond acceptors (Lipinski definition) is 5. The molecule has 1 rings (SSSR count). The molecule has 0 unspecified atom stereocenters. The molecule has 1 aromatic rings. The van der Waals surface area contributed by atoms with Crippen molar-refractivity contribution in [3.63, 3.8) is 0 Å². The van der Waals surface area contributed by atoms with Gasteiger partial charge in [0.2, 0.25) is 0 Å². The summed E-state index contributed by atoms with van der Waals surface area (Å²) < 4.78 is 0.498. The van der Waals surface area contributed by atoms with Crippen LogP contribution in [0, 0.1) is 10.1 Å². The maximum atomic E-state index is 10.7. The van der Waals surface area contributed by atoms with Gasteiger partial charge in [0.25, 0.3) is 5.69 Å². The van der Waals surface area contributed by atoms with E-state index >= 15 is 0 Å². The van der Waals surface area contributed by atoms with Gasteiger partial charge in [0.05, 0.1) is 4.92 Å². The number of nitrogens with two attached hydrogens (primary N) is 1. The van der Waals surface area contributed by atoms with Crippen molar-refractivity contribution in [2.75, 3.05) is 6.54 Å². The van der Waals surface area contributed by atoms with Crippen LogP contribution in [0.25, 0.3) is 0 Å². The highest BCUT2D eigenvalue weighted by molar-refractivity contribution is 9.10. The summed E-state index contributed by atoms with van der Waals surface area (Å²) in [4.78, 5) is 13.9. The molecule has 0 spiro atoms. The summed E-state index contributed by atoms with van der Waals surface area (Å²) in [5.41, 5.74) is 5.10. The van der Waals surface area contributed by atoms with Gasteiger partial charge < -0.3 is 10.8 Å². The molecule has 0 aromatic carbocycles. The monoisotopic (exact) mass is 275 g/mol. The quantitative estimate of drug-likeness (QED) is 0.634. The second-order valence-corrected chi connectivity index (χ2v) is 3.82. The molecule has 7 heteroatoms. The first-order valence-corrected chi connectivity index (χ1v) is 5.03. The SMILES string of the molecule is NCC[C@@H](O)c1ncc(Br)cc1[N+](=O)[O-].